The molecule has 0 unspecified atom stereocenters. The molecule has 0 radical (unpaired) electrons. The summed E-state index contributed by atoms with van der Waals surface area (Å²) >= 11 is 0. The van der Waals surface area contributed by atoms with Crippen LogP contribution in [0.25, 0.3) is 111 Å². The molecule has 0 atom stereocenters. The Hall–Kier alpha value is -8.20. The predicted molar refractivity (Wildman–Crippen MR) is 262 cm³/mol. The van der Waals surface area contributed by atoms with Gasteiger partial charge in [-0.3, -0.25) is 0 Å². The average Bonchev–Trinajstić information content (AvgIpc) is 3.87. The SMILES string of the molecule is c1ccc(-n2c3ccccc3c3cc(-c4ccc(-c5ccc(-c6ccc(-c7ccc(-c8ccc9c(c8)c8ccccc8n9-c8ccccc8)cc7)cc6)cc5)cc4)ccc32)cc1. The number of rotatable bonds is 7. The predicted octanol–water partition coefficient (Wildman–Crippen LogP) is 16.2. The second-order valence-electron chi connectivity index (χ2n) is 16.1. The first-order valence-corrected chi connectivity index (χ1v) is 21.3. The fraction of sp³-hybridized carbons (Fsp3) is 0. The first kappa shape index (κ1) is 35.7. The fourth-order valence-electron chi connectivity index (χ4n) is 9.44. The highest BCUT2D eigenvalue weighted by atomic mass is 15.0. The van der Waals surface area contributed by atoms with E-state index in [4.69, 9.17) is 0 Å². The Balaban J connectivity index is 0.760. The van der Waals surface area contributed by atoms with Crippen LogP contribution in [0.1, 0.15) is 0 Å². The minimum atomic E-state index is 1.18. The van der Waals surface area contributed by atoms with Crippen LogP contribution in [-0.4, -0.2) is 9.13 Å². The van der Waals surface area contributed by atoms with E-state index >= 15 is 0 Å². The van der Waals surface area contributed by atoms with Gasteiger partial charge >= 0.3 is 0 Å². The first-order chi connectivity index (χ1) is 30.7. The van der Waals surface area contributed by atoms with Crippen molar-refractivity contribution in [2.45, 2.75) is 0 Å². The van der Waals surface area contributed by atoms with E-state index in [1.165, 1.54) is 111 Å². The van der Waals surface area contributed by atoms with Gasteiger partial charge in [0, 0.05) is 32.9 Å². The molecule has 290 valence electrons. The zero-order valence-corrected chi connectivity index (χ0v) is 34.0. The summed E-state index contributed by atoms with van der Waals surface area (Å²) in [6.07, 6.45) is 0. The molecule has 0 bridgehead atoms. The Labute approximate surface area is 360 Å². The largest absolute Gasteiger partial charge is 0.309 e. The Morgan fingerprint density at radius 1 is 0.177 bits per heavy atom. The molecule has 0 aliphatic carbocycles. The van der Waals surface area contributed by atoms with Gasteiger partial charge in [0.05, 0.1) is 22.1 Å². The molecular formula is C60H40N2. The van der Waals surface area contributed by atoms with Crippen molar-refractivity contribution in [1.29, 1.82) is 0 Å². The standard InChI is InChI=1S/C60H40N2/c1-3-11-51(12-4-1)61-57-17-9-7-15-53(57)55-39-49(35-37-59(55)61)47-31-27-45(28-32-47)43-23-19-41(20-24-43)42-21-25-44(26-22-42)46-29-33-48(34-30-46)50-36-38-60-56(40-50)54-16-8-10-18-58(54)62(60)52-13-5-2-6-14-52/h1-40H. The Bertz CT molecular complexity index is 3320. The lowest BCUT2D eigenvalue weighted by molar-refractivity contribution is 1.18. The average molecular weight is 789 g/mol. The summed E-state index contributed by atoms with van der Waals surface area (Å²) in [7, 11) is 0. The fourth-order valence-corrected chi connectivity index (χ4v) is 9.44. The van der Waals surface area contributed by atoms with Crippen molar-refractivity contribution < 1.29 is 0 Å². The molecule has 2 nitrogen and oxygen atoms in total. The van der Waals surface area contributed by atoms with Gasteiger partial charge in [0.15, 0.2) is 0 Å². The zero-order valence-electron chi connectivity index (χ0n) is 34.0. The molecule has 2 heteroatoms. The lowest BCUT2D eigenvalue weighted by Crippen LogP contribution is -1.92. The van der Waals surface area contributed by atoms with Crippen molar-refractivity contribution in [2.24, 2.45) is 0 Å². The second-order valence-corrected chi connectivity index (χ2v) is 16.1. The molecule has 12 aromatic rings. The third-order valence-electron chi connectivity index (χ3n) is 12.6. The summed E-state index contributed by atoms with van der Waals surface area (Å²) in [5.74, 6) is 0. The number of hydrogen-bond acceptors (Lipinski definition) is 0. The maximum absolute atomic E-state index is 2.36. The van der Waals surface area contributed by atoms with Gasteiger partial charge < -0.3 is 9.13 Å². The smallest absolute Gasteiger partial charge is 0.0541 e. The summed E-state index contributed by atoms with van der Waals surface area (Å²) in [5.41, 5.74) is 19.3. The summed E-state index contributed by atoms with van der Waals surface area (Å²) < 4.78 is 4.73. The number of nitrogens with zero attached hydrogens (tertiary/aromatic N) is 2. The molecule has 0 saturated carbocycles. The van der Waals surface area contributed by atoms with Crippen LogP contribution < -0.4 is 0 Å². The topological polar surface area (TPSA) is 9.86 Å². The maximum Gasteiger partial charge on any atom is 0.0541 e. The van der Waals surface area contributed by atoms with E-state index in [1.807, 2.05) is 0 Å². The number of aromatic nitrogens is 2. The van der Waals surface area contributed by atoms with Gasteiger partial charge in [-0.15, -0.1) is 0 Å². The minimum absolute atomic E-state index is 1.18. The second kappa shape index (κ2) is 14.8. The van der Waals surface area contributed by atoms with E-state index in [0.29, 0.717) is 0 Å². The summed E-state index contributed by atoms with van der Waals surface area (Å²) in [5, 5.41) is 5.06. The van der Waals surface area contributed by atoms with Crippen LogP contribution in [0.15, 0.2) is 243 Å². The van der Waals surface area contributed by atoms with Crippen LogP contribution in [0.2, 0.25) is 0 Å². The van der Waals surface area contributed by atoms with E-state index in [-0.39, 0.29) is 0 Å². The molecule has 0 aliphatic rings. The van der Waals surface area contributed by atoms with Crippen molar-refractivity contribution >= 4 is 43.6 Å². The maximum atomic E-state index is 2.36. The van der Waals surface area contributed by atoms with E-state index < -0.39 is 0 Å². The number of hydrogen-bond donors (Lipinski definition) is 0. The van der Waals surface area contributed by atoms with Gasteiger partial charge in [-0.25, -0.2) is 0 Å². The third kappa shape index (κ3) is 6.12. The quantitative estimate of drug-likeness (QED) is 0.152. The van der Waals surface area contributed by atoms with Gasteiger partial charge in [0.2, 0.25) is 0 Å². The summed E-state index contributed by atoms with van der Waals surface area (Å²) in [4.78, 5) is 0. The zero-order chi connectivity index (χ0) is 41.0. The van der Waals surface area contributed by atoms with Crippen LogP contribution in [0, 0.1) is 0 Å². The molecule has 0 saturated heterocycles. The van der Waals surface area contributed by atoms with Crippen LogP contribution >= 0.6 is 0 Å². The van der Waals surface area contributed by atoms with E-state index in [9.17, 15) is 0 Å². The molecule has 0 amide bonds. The van der Waals surface area contributed by atoms with Gasteiger partial charge in [0.1, 0.15) is 0 Å². The highest BCUT2D eigenvalue weighted by Gasteiger charge is 2.15. The van der Waals surface area contributed by atoms with Crippen molar-refractivity contribution in [3.63, 3.8) is 0 Å². The highest BCUT2D eigenvalue weighted by Crippen LogP contribution is 2.38. The summed E-state index contributed by atoms with van der Waals surface area (Å²) in [6, 6.07) is 88.2. The molecule has 12 rings (SSSR count). The van der Waals surface area contributed by atoms with Crippen LogP contribution in [0.3, 0.4) is 0 Å². The molecule has 0 N–H and O–H groups in total. The van der Waals surface area contributed by atoms with Crippen LogP contribution in [0.4, 0.5) is 0 Å². The number of fused-ring (bicyclic) bond motifs is 6. The molecule has 0 spiro atoms. The highest BCUT2D eigenvalue weighted by molar-refractivity contribution is 6.11. The van der Waals surface area contributed by atoms with E-state index in [1.54, 1.807) is 0 Å². The number of benzene rings is 10. The molecule has 2 heterocycles. The van der Waals surface area contributed by atoms with Crippen molar-refractivity contribution in [3.05, 3.63) is 243 Å². The molecule has 0 fully saturated rings. The minimum Gasteiger partial charge on any atom is -0.309 e. The van der Waals surface area contributed by atoms with Gasteiger partial charge in [-0.2, -0.15) is 0 Å². The monoisotopic (exact) mass is 788 g/mol. The normalized spacial score (nSPS) is 11.5. The van der Waals surface area contributed by atoms with Crippen molar-refractivity contribution in [2.75, 3.05) is 0 Å². The molecule has 62 heavy (non-hydrogen) atoms. The number of para-hydroxylation sites is 4. The third-order valence-corrected chi connectivity index (χ3v) is 12.6. The van der Waals surface area contributed by atoms with Gasteiger partial charge in [-0.1, -0.05) is 182 Å². The lowest BCUT2D eigenvalue weighted by Gasteiger charge is -2.10. The molecule has 2 aromatic heterocycles. The van der Waals surface area contributed by atoms with E-state index in [2.05, 4.69) is 252 Å². The molecule has 10 aromatic carbocycles. The van der Waals surface area contributed by atoms with Crippen LogP contribution in [-0.2, 0) is 0 Å². The van der Waals surface area contributed by atoms with Crippen molar-refractivity contribution in [3.8, 4) is 67.0 Å². The summed E-state index contributed by atoms with van der Waals surface area (Å²) in [6.45, 7) is 0. The Morgan fingerprint density at radius 3 is 0.742 bits per heavy atom. The molecule has 0 aliphatic heterocycles. The Morgan fingerprint density at radius 2 is 0.419 bits per heavy atom. The Kier molecular flexibility index (Phi) is 8.53. The van der Waals surface area contributed by atoms with Gasteiger partial charge in [-0.05, 0) is 116 Å². The van der Waals surface area contributed by atoms with E-state index in [0.717, 1.165) is 0 Å². The lowest BCUT2D eigenvalue weighted by atomic mass is 9.96. The van der Waals surface area contributed by atoms with Gasteiger partial charge in [0.25, 0.3) is 0 Å². The van der Waals surface area contributed by atoms with Crippen molar-refractivity contribution in [1.82, 2.24) is 9.13 Å². The van der Waals surface area contributed by atoms with Crippen LogP contribution in [0.5, 0.6) is 0 Å². The first-order valence-electron chi connectivity index (χ1n) is 21.3. The molecular weight excluding hydrogens is 749 g/mol.